The van der Waals surface area contributed by atoms with E-state index in [0.29, 0.717) is 22.2 Å². The molecule has 2 aromatic carbocycles. The molecule has 0 fully saturated rings. The molecular weight excluding hydrogens is 452 g/mol. The lowest BCUT2D eigenvalue weighted by molar-refractivity contribution is -0.386. The standard InChI is InChI=1S/C22H17ClN4O6/c23-15-4-3-5-17(10-15)32-14-26-12-16(11-24-26)25-22(28)21-9-8-18(33-21)13-31-20-7-2-1-6-19(20)27(29)30/h1-12H,13-14H2,(H,25,28). The summed E-state index contributed by atoms with van der Waals surface area (Å²) in [7, 11) is 0. The van der Waals surface area contributed by atoms with E-state index >= 15 is 0 Å². The fourth-order valence-corrected chi connectivity index (χ4v) is 3.03. The summed E-state index contributed by atoms with van der Waals surface area (Å²) >= 11 is 5.92. The molecule has 2 aromatic heterocycles. The van der Waals surface area contributed by atoms with Gasteiger partial charge in [-0.3, -0.25) is 14.9 Å². The molecule has 1 amide bonds. The minimum absolute atomic E-state index is 0.0547. The second-order valence-electron chi connectivity index (χ2n) is 6.73. The lowest BCUT2D eigenvalue weighted by Gasteiger charge is -2.06. The maximum absolute atomic E-state index is 12.5. The van der Waals surface area contributed by atoms with Crippen LogP contribution in [0.5, 0.6) is 11.5 Å². The smallest absolute Gasteiger partial charge is 0.310 e. The zero-order valence-electron chi connectivity index (χ0n) is 17.0. The second-order valence-corrected chi connectivity index (χ2v) is 7.17. The Morgan fingerprint density at radius 1 is 1.15 bits per heavy atom. The summed E-state index contributed by atoms with van der Waals surface area (Å²) < 4.78 is 18.1. The Balaban J connectivity index is 1.31. The zero-order valence-corrected chi connectivity index (χ0v) is 17.8. The first-order chi connectivity index (χ1) is 16.0. The van der Waals surface area contributed by atoms with Crippen LogP contribution >= 0.6 is 11.6 Å². The summed E-state index contributed by atoms with van der Waals surface area (Å²) in [6.45, 7) is 0.0565. The van der Waals surface area contributed by atoms with Crippen LogP contribution in [-0.4, -0.2) is 20.6 Å². The van der Waals surface area contributed by atoms with Crippen LogP contribution in [0.15, 0.2) is 77.5 Å². The number of amides is 1. The van der Waals surface area contributed by atoms with Gasteiger partial charge in [-0.2, -0.15) is 5.10 Å². The molecular formula is C22H17ClN4O6. The third kappa shape index (κ3) is 5.69. The van der Waals surface area contributed by atoms with E-state index in [2.05, 4.69) is 10.4 Å². The fourth-order valence-electron chi connectivity index (χ4n) is 2.85. The predicted molar refractivity (Wildman–Crippen MR) is 118 cm³/mol. The first-order valence-corrected chi connectivity index (χ1v) is 10.0. The van der Waals surface area contributed by atoms with E-state index in [-0.39, 0.29) is 30.5 Å². The van der Waals surface area contributed by atoms with Gasteiger partial charge in [-0.25, -0.2) is 4.68 Å². The number of furan rings is 1. The highest BCUT2D eigenvalue weighted by molar-refractivity contribution is 6.30. The van der Waals surface area contributed by atoms with E-state index in [4.69, 9.17) is 25.5 Å². The summed E-state index contributed by atoms with van der Waals surface area (Å²) in [6.07, 6.45) is 3.07. The van der Waals surface area contributed by atoms with Gasteiger partial charge >= 0.3 is 5.69 Å². The molecule has 0 aliphatic rings. The molecule has 0 unspecified atom stereocenters. The van der Waals surface area contributed by atoms with Crippen LogP contribution in [0.4, 0.5) is 11.4 Å². The maximum atomic E-state index is 12.5. The number of anilines is 1. The first kappa shape index (κ1) is 21.9. The molecule has 0 spiro atoms. The third-order valence-electron chi connectivity index (χ3n) is 4.37. The van der Waals surface area contributed by atoms with Gasteiger partial charge in [0, 0.05) is 11.1 Å². The Morgan fingerprint density at radius 2 is 2.00 bits per heavy atom. The van der Waals surface area contributed by atoms with Crippen molar-refractivity contribution >= 4 is 28.9 Å². The number of aromatic nitrogens is 2. The van der Waals surface area contributed by atoms with Gasteiger partial charge in [0.15, 0.2) is 18.2 Å². The number of hydrogen-bond donors (Lipinski definition) is 1. The molecule has 168 valence electrons. The van der Waals surface area contributed by atoms with Gasteiger partial charge in [0.2, 0.25) is 0 Å². The Hall–Kier alpha value is -4.31. The van der Waals surface area contributed by atoms with E-state index < -0.39 is 10.8 Å². The van der Waals surface area contributed by atoms with Crippen molar-refractivity contribution in [1.29, 1.82) is 0 Å². The molecule has 1 N–H and O–H groups in total. The van der Waals surface area contributed by atoms with Crippen LogP contribution in [0.25, 0.3) is 0 Å². The minimum atomic E-state index is -0.531. The number of nitrogens with zero attached hydrogens (tertiary/aromatic N) is 3. The molecule has 11 heteroatoms. The molecule has 0 atom stereocenters. The summed E-state index contributed by atoms with van der Waals surface area (Å²) in [6, 6.07) is 16.0. The second kappa shape index (κ2) is 9.88. The van der Waals surface area contributed by atoms with Crippen LogP contribution in [0.2, 0.25) is 5.02 Å². The number of nitro groups is 1. The van der Waals surface area contributed by atoms with Crippen molar-refractivity contribution in [1.82, 2.24) is 9.78 Å². The fraction of sp³-hybridized carbons (Fsp3) is 0.0909. The lowest BCUT2D eigenvalue weighted by atomic mass is 10.3. The maximum Gasteiger partial charge on any atom is 0.310 e. The molecule has 4 aromatic rings. The highest BCUT2D eigenvalue weighted by Gasteiger charge is 2.16. The van der Waals surface area contributed by atoms with Gasteiger partial charge in [0.25, 0.3) is 5.91 Å². The van der Waals surface area contributed by atoms with E-state index in [1.807, 2.05) is 0 Å². The van der Waals surface area contributed by atoms with Gasteiger partial charge in [-0.15, -0.1) is 0 Å². The average molecular weight is 469 g/mol. The molecule has 0 saturated heterocycles. The van der Waals surface area contributed by atoms with E-state index in [9.17, 15) is 14.9 Å². The van der Waals surface area contributed by atoms with E-state index in [1.54, 1.807) is 48.7 Å². The topological polar surface area (TPSA) is 122 Å². The van der Waals surface area contributed by atoms with Crippen molar-refractivity contribution in [2.45, 2.75) is 13.3 Å². The Bertz CT molecular complexity index is 1290. The number of hydrogen-bond acceptors (Lipinski definition) is 7. The van der Waals surface area contributed by atoms with Crippen molar-refractivity contribution < 1.29 is 23.6 Å². The summed E-state index contributed by atoms with van der Waals surface area (Å²) in [4.78, 5) is 23.0. The summed E-state index contributed by atoms with van der Waals surface area (Å²) in [5.74, 6) is 0.609. The van der Waals surface area contributed by atoms with Crippen LogP contribution in [0.1, 0.15) is 16.3 Å². The van der Waals surface area contributed by atoms with Crippen LogP contribution in [-0.2, 0) is 13.3 Å². The van der Waals surface area contributed by atoms with Gasteiger partial charge < -0.3 is 19.2 Å². The molecule has 2 heterocycles. The molecule has 4 rings (SSSR count). The molecule has 0 aliphatic heterocycles. The Morgan fingerprint density at radius 3 is 2.82 bits per heavy atom. The summed E-state index contributed by atoms with van der Waals surface area (Å²) in [5, 5.41) is 18.4. The number of benzene rings is 2. The number of nitrogens with one attached hydrogen (secondary N) is 1. The van der Waals surface area contributed by atoms with Crippen molar-refractivity contribution in [3.63, 3.8) is 0 Å². The van der Waals surface area contributed by atoms with Crippen molar-refractivity contribution in [3.8, 4) is 11.5 Å². The SMILES string of the molecule is O=C(Nc1cnn(COc2cccc(Cl)c2)c1)c1ccc(COc2ccccc2[N+](=O)[O-])o1. The van der Waals surface area contributed by atoms with Gasteiger partial charge in [-0.1, -0.05) is 29.8 Å². The molecule has 0 aliphatic carbocycles. The number of ether oxygens (including phenoxy) is 2. The van der Waals surface area contributed by atoms with Crippen LogP contribution in [0.3, 0.4) is 0 Å². The molecule has 10 nitrogen and oxygen atoms in total. The molecule has 33 heavy (non-hydrogen) atoms. The van der Waals surface area contributed by atoms with Gasteiger partial charge in [-0.05, 0) is 36.4 Å². The van der Waals surface area contributed by atoms with Gasteiger partial charge in [0.05, 0.1) is 23.0 Å². The van der Waals surface area contributed by atoms with Crippen molar-refractivity contribution in [3.05, 3.63) is 99.7 Å². The Labute approximate surface area is 192 Å². The normalized spacial score (nSPS) is 10.6. The quantitative estimate of drug-likeness (QED) is 0.273. The lowest BCUT2D eigenvalue weighted by Crippen LogP contribution is -2.10. The number of para-hydroxylation sites is 2. The monoisotopic (exact) mass is 468 g/mol. The predicted octanol–water partition coefficient (Wildman–Crippen LogP) is 4.91. The molecule has 0 radical (unpaired) electrons. The van der Waals surface area contributed by atoms with Crippen molar-refractivity contribution in [2.75, 3.05) is 5.32 Å². The number of carbonyl (C=O) groups excluding carboxylic acids is 1. The molecule has 0 saturated carbocycles. The van der Waals surface area contributed by atoms with Gasteiger partial charge in [0.1, 0.15) is 18.1 Å². The Kier molecular flexibility index (Phi) is 6.56. The van der Waals surface area contributed by atoms with Crippen LogP contribution in [0, 0.1) is 10.1 Å². The van der Waals surface area contributed by atoms with Crippen LogP contribution < -0.4 is 14.8 Å². The first-order valence-electron chi connectivity index (χ1n) is 9.65. The number of nitro benzene ring substituents is 1. The number of halogens is 1. The van der Waals surface area contributed by atoms with Crippen molar-refractivity contribution in [2.24, 2.45) is 0 Å². The average Bonchev–Trinajstić information content (AvgIpc) is 3.46. The number of carbonyl (C=O) groups is 1. The minimum Gasteiger partial charge on any atom is -0.479 e. The number of rotatable bonds is 9. The summed E-state index contributed by atoms with van der Waals surface area (Å²) in [5.41, 5.74) is 0.294. The molecule has 0 bridgehead atoms. The van der Waals surface area contributed by atoms with E-state index in [0.717, 1.165) is 0 Å². The third-order valence-corrected chi connectivity index (χ3v) is 4.60. The largest absolute Gasteiger partial charge is 0.479 e. The van der Waals surface area contributed by atoms with E-state index in [1.165, 1.54) is 29.1 Å². The zero-order chi connectivity index (χ0) is 23.2. The highest BCUT2D eigenvalue weighted by atomic mass is 35.5. The highest BCUT2D eigenvalue weighted by Crippen LogP contribution is 2.27.